The maximum atomic E-state index is 12.9. The van der Waals surface area contributed by atoms with E-state index >= 15 is 0 Å². The van der Waals surface area contributed by atoms with Crippen LogP contribution < -0.4 is 4.31 Å². The smallest absolute Gasteiger partial charge is 0.263 e. The molecule has 1 aliphatic rings. The SMILES string of the molecule is C[C@@H]1Cc2ccccc2N1S(=O)(=O)c1ccc(Cl)cc1Cl. The van der Waals surface area contributed by atoms with Crippen molar-refractivity contribution in [1.82, 2.24) is 0 Å². The fourth-order valence-corrected chi connectivity index (χ4v) is 5.14. The lowest BCUT2D eigenvalue weighted by Gasteiger charge is -2.25. The van der Waals surface area contributed by atoms with Gasteiger partial charge in [-0.2, -0.15) is 0 Å². The first-order valence-electron chi connectivity index (χ1n) is 6.48. The third-order valence-electron chi connectivity index (χ3n) is 3.58. The largest absolute Gasteiger partial charge is 0.266 e. The number of sulfonamides is 1. The van der Waals surface area contributed by atoms with Crippen LogP contribution >= 0.6 is 23.2 Å². The van der Waals surface area contributed by atoms with Crippen molar-refractivity contribution < 1.29 is 8.42 Å². The maximum Gasteiger partial charge on any atom is 0.266 e. The monoisotopic (exact) mass is 341 g/mol. The summed E-state index contributed by atoms with van der Waals surface area (Å²) in [6, 6.07) is 11.8. The molecule has 0 saturated heterocycles. The molecule has 0 saturated carbocycles. The fraction of sp³-hybridized carbons (Fsp3) is 0.200. The number of halogens is 2. The Labute approximate surface area is 134 Å². The van der Waals surface area contributed by atoms with Gasteiger partial charge in [-0.1, -0.05) is 41.4 Å². The molecule has 3 rings (SSSR count). The Bertz CT molecular complexity index is 805. The maximum absolute atomic E-state index is 12.9. The molecule has 2 aromatic carbocycles. The molecular formula is C15H13Cl2NO2S. The van der Waals surface area contributed by atoms with Crippen LogP contribution in [0.2, 0.25) is 10.0 Å². The highest BCUT2D eigenvalue weighted by molar-refractivity contribution is 7.93. The molecule has 0 radical (unpaired) electrons. The van der Waals surface area contributed by atoms with Gasteiger partial charge in [0.2, 0.25) is 0 Å². The topological polar surface area (TPSA) is 37.4 Å². The van der Waals surface area contributed by atoms with Crippen molar-refractivity contribution in [3.05, 3.63) is 58.1 Å². The molecular weight excluding hydrogens is 329 g/mol. The van der Waals surface area contributed by atoms with E-state index in [1.165, 1.54) is 22.5 Å². The van der Waals surface area contributed by atoms with Crippen molar-refractivity contribution >= 4 is 38.9 Å². The molecule has 3 nitrogen and oxygen atoms in total. The highest BCUT2D eigenvalue weighted by Gasteiger charge is 2.36. The number of anilines is 1. The van der Waals surface area contributed by atoms with Crippen molar-refractivity contribution in [2.45, 2.75) is 24.3 Å². The molecule has 110 valence electrons. The average molecular weight is 342 g/mol. The van der Waals surface area contributed by atoms with Gasteiger partial charge in [-0.15, -0.1) is 0 Å². The average Bonchev–Trinajstić information content (AvgIpc) is 2.74. The van der Waals surface area contributed by atoms with Crippen molar-refractivity contribution in [3.8, 4) is 0 Å². The third kappa shape index (κ3) is 2.41. The van der Waals surface area contributed by atoms with Crippen LogP contribution in [0.5, 0.6) is 0 Å². The predicted octanol–water partition coefficient (Wildman–Crippen LogP) is 4.13. The summed E-state index contributed by atoms with van der Waals surface area (Å²) >= 11 is 11.9. The zero-order valence-electron chi connectivity index (χ0n) is 11.3. The molecule has 6 heteroatoms. The molecule has 0 bridgehead atoms. The molecule has 0 unspecified atom stereocenters. The van der Waals surface area contributed by atoms with Crippen molar-refractivity contribution in [2.24, 2.45) is 0 Å². The second kappa shape index (κ2) is 5.20. The van der Waals surface area contributed by atoms with Crippen molar-refractivity contribution in [2.75, 3.05) is 4.31 Å². The minimum atomic E-state index is -3.71. The van der Waals surface area contributed by atoms with Crippen LogP contribution in [-0.2, 0) is 16.4 Å². The van der Waals surface area contributed by atoms with E-state index in [0.717, 1.165) is 11.3 Å². The van der Waals surface area contributed by atoms with Gasteiger partial charge in [0.05, 0.1) is 10.7 Å². The number of rotatable bonds is 2. The van der Waals surface area contributed by atoms with Gasteiger partial charge in [0.1, 0.15) is 4.90 Å². The Kier molecular flexibility index (Phi) is 3.64. The molecule has 0 N–H and O–H groups in total. The van der Waals surface area contributed by atoms with Crippen molar-refractivity contribution in [1.29, 1.82) is 0 Å². The summed E-state index contributed by atoms with van der Waals surface area (Å²) in [5.74, 6) is 0. The fourth-order valence-electron chi connectivity index (χ4n) is 2.69. The molecule has 21 heavy (non-hydrogen) atoms. The highest BCUT2D eigenvalue weighted by atomic mass is 35.5. The van der Waals surface area contributed by atoms with Crippen LogP contribution in [0.25, 0.3) is 0 Å². The van der Waals surface area contributed by atoms with Gasteiger partial charge in [0, 0.05) is 11.1 Å². The van der Waals surface area contributed by atoms with E-state index in [2.05, 4.69) is 0 Å². The van der Waals surface area contributed by atoms with E-state index in [9.17, 15) is 8.42 Å². The number of fused-ring (bicyclic) bond motifs is 1. The van der Waals surface area contributed by atoms with E-state index in [1.54, 1.807) is 0 Å². The second-order valence-electron chi connectivity index (χ2n) is 5.06. The molecule has 0 aromatic heterocycles. The van der Waals surface area contributed by atoms with E-state index in [1.807, 2.05) is 31.2 Å². The lowest BCUT2D eigenvalue weighted by atomic mass is 10.1. The molecule has 1 atom stereocenters. The first kappa shape index (κ1) is 14.7. The number of para-hydroxylation sites is 1. The standard InChI is InChI=1S/C15H13Cl2NO2S/c1-10-8-11-4-2-3-5-14(11)18(10)21(19,20)15-7-6-12(16)9-13(15)17/h2-7,9-10H,8H2,1H3/t10-/m1/s1. The molecule has 1 heterocycles. The van der Waals surface area contributed by atoms with E-state index in [-0.39, 0.29) is 16.0 Å². The minimum absolute atomic E-state index is 0.0807. The second-order valence-corrected chi connectivity index (χ2v) is 7.68. The van der Waals surface area contributed by atoms with Gasteiger partial charge in [0.15, 0.2) is 0 Å². The molecule has 0 aliphatic carbocycles. The van der Waals surface area contributed by atoms with Crippen LogP contribution in [-0.4, -0.2) is 14.5 Å². The number of hydrogen-bond acceptors (Lipinski definition) is 2. The summed E-state index contributed by atoms with van der Waals surface area (Å²) in [5, 5.41) is 0.549. The number of nitrogens with zero attached hydrogens (tertiary/aromatic N) is 1. The van der Waals surface area contributed by atoms with E-state index in [0.29, 0.717) is 11.4 Å². The minimum Gasteiger partial charge on any atom is -0.263 e. The molecule has 2 aromatic rings. The first-order valence-corrected chi connectivity index (χ1v) is 8.68. The van der Waals surface area contributed by atoms with Gasteiger partial charge in [0.25, 0.3) is 10.0 Å². The Morgan fingerprint density at radius 3 is 2.57 bits per heavy atom. The van der Waals surface area contributed by atoms with Gasteiger partial charge in [-0.3, -0.25) is 4.31 Å². The van der Waals surface area contributed by atoms with Crippen molar-refractivity contribution in [3.63, 3.8) is 0 Å². The van der Waals surface area contributed by atoms with Crippen LogP contribution in [0.4, 0.5) is 5.69 Å². The van der Waals surface area contributed by atoms with Gasteiger partial charge in [-0.25, -0.2) is 8.42 Å². The van der Waals surface area contributed by atoms with Crippen LogP contribution in [0.1, 0.15) is 12.5 Å². The molecule has 0 fully saturated rings. The Morgan fingerprint density at radius 2 is 1.86 bits per heavy atom. The van der Waals surface area contributed by atoms with Crippen LogP contribution in [0, 0.1) is 0 Å². The zero-order chi connectivity index (χ0) is 15.2. The summed E-state index contributed by atoms with van der Waals surface area (Å²) in [6.07, 6.45) is 0.695. The summed E-state index contributed by atoms with van der Waals surface area (Å²) in [6.45, 7) is 1.89. The lowest BCUT2D eigenvalue weighted by Crippen LogP contribution is -2.35. The van der Waals surface area contributed by atoms with E-state index in [4.69, 9.17) is 23.2 Å². The number of hydrogen-bond donors (Lipinski definition) is 0. The zero-order valence-corrected chi connectivity index (χ0v) is 13.6. The van der Waals surface area contributed by atoms with Gasteiger partial charge in [-0.05, 0) is 43.2 Å². The third-order valence-corrected chi connectivity index (χ3v) is 6.22. The molecule has 1 aliphatic heterocycles. The predicted molar refractivity (Wildman–Crippen MR) is 85.7 cm³/mol. The summed E-state index contributed by atoms with van der Waals surface area (Å²) in [5.41, 5.74) is 1.75. The van der Waals surface area contributed by atoms with Crippen LogP contribution in [0.15, 0.2) is 47.4 Å². The Morgan fingerprint density at radius 1 is 1.14 bits per heavy atom. The summed E-state index contributed by atoms with van der Waals surface area (Å²) in [4.78, 5) is 0.0807. The van der Waals surface area contributed by atoms with Crippen LogP contribution in [0.3, 0.4) is 0 Å². The van der Waals surface area contributed by atoms with E-state index < -0.39 is 10.0 Å². The quantitative estimate of drug-likeness (QED) is 0.823. The highest BCUT2D eigenvalue weighted by Crippen LogP contribution is 2.38. The molecule has 0 spiro atoms. The van der Waals surface area contributed by atoms with Gasteiger partial charge >= 0.3 is 0 Å². The first-order chi connectivity index (χ1) is 9.91. The number of benzene rings is 2. The summed E-state index contributed by atoms with van der Waals surface area (Å²) in [7, 11) is -3.71. The lowest BCUT2D eigenvalue weighted by molar-refractivity contribution is 0.584. The van der Waals surface area contributed by atoms with Gasteiger partial charge < -0.3 is 0 Å². The Balaban J connectivity index is 2.15. The normalized spacial score (nSPS) is 17.9. The molecule has 0 amide bonds. The summed E-state index contributed by atoms with van der Waals surface area (Å²) < 4.78 is 27.3. The Hall–Kier alpha value is -1.23.